The van der Waals surface area contributed by atoms with E-state index in [-0.39, 0.29) is 5.78 Å². The van der Waals surface area contributed by atoms with E-state index < -0.39 is 0 Å². The fourth-order valence-corrected chi connectivity index (χ4v) is 2.07. The van der Waals surface area contributed by atoms with Crippen molar-refractivity contribution in [2.45, 2.75) is 20.3 Å². The monoisotopic (exact) mass is 258 g/mol. The minimum atomic E-state index is 0.0140. The largest absolute Gasteiger partial charge is 0.493 e. The van der Waals surface area contributed by atoms with Crippen LogP contribution in [0.3, 0.4) is 0 Å². The van der Waals surface area contributed by atoms with Crippen molar-refractivity contribution in [1.82, 2.24) is 9.78 Å². The van der Waals surface area contributed by atoms with Crippen LogP contribution in [0.5, 0.6) is 5.75 Å². The molecular formula is C15H18N2O2. The van der Waals surface area contributed by atoms with Crippen LogP contribution >= 0.6 is 0 Å². The first-order valence-electron chi connectivity index (χ1n) is 6.18. The molecule has 4 heteroatoms. The van der Waals surface area contributed by atoms with Crippen molar-refractivity contribution in [2.75, 3.05) is 7.11 Å². The zero-order valence-corrected chi connectivity index (χ0v) is 11.7. The van der Waals surface area contributed by atoms with Gasteiger partial charge in [-0.05, 0) is 30.5 Å². The van der Waals surface area contributed by atoms with E-state index in [1.807, 2.05) is 19.1 Å². The molecule has 0 spiro atoms. The van der Waals surface area contributed by atoms with E-state index >= 15 is 0 Å². The lowest BCUT2D eigenvalue weighted by Crippen LogP contribution is -2.11. The van der Waals surface area contributed by atoms with Crippen LogP contribution in [0.15, 0.2) is 24.4 Å². The smallest absolute Gasteiger partial charge is 0.189 e. The van der Waals surface area contributed by atoms with Crippen molar-refractivity contribution in [3.63, 3.8) is 0 Å². The molecule has 2 aromatic rings. The second-order valence-electron chi connectivity index (χ2n) is 4.70. The number of rotatable bonds is 4. The predicted octanol–water partition coefficient (Wildman–Crippen LogP) is 2.47. The quantitative estimate of drug-likeness (QED) is 0.791. The highest BCUT2D eigenvalue weighted by Gasteiger charge is 2.17. The molecule has 0 fully saturated rings. The van der Waals surface area contributed by atoms with Gasteiger partial charge >= 0.3 is 0 Å². The van der Waals surface area contributed by atoms with E-state index in [9.17, 15) is 4.79 Å². The lowest BCUT2D eigenvalue weighted by molar-refractivity contribution is 0.0981. The Morgan fingerprint density at radius 2 is 2.05 bits per heavy atom. The summed E-state index contributed by atoms with van der Waals surface area (Å²) in [6.45, 7) is 4.11. The van der Waals surface area contributed by atoms with Crippen LogP contribution in [-0.4, -0.2) is 22.7 Å². The number of carbonyl (C=O) groups excluding carboxylic acids is 1. The molecule has 0 aliphatic carbocycles. The fraction of sp³-hybridized carbons (Fsp3) is 0.333. The van der Waals surface area contributed by atoms with Gasteiger partial charge in [0.05, 0.1) is 13.3 Å². The van der Waals surface area contributed by atoms with Gasteiger partial charge in [0.25, 0.3) is 0 Å². The lowest BCUT2D eigenvalue weighted by Gasteiger charge is -2.06. The molecule has 1 heterocycles. The minimum absolute atomic E-state index is 0.0140. The topological polar surface area (TPSA) is 44.1 Å². The van der Waals surface area contributed by atoms with Crippen molar-refractivity contribution >= 4 is 5.78 Å². The summed E-state index contributed by atoms with van der Waals surface area (Å²) in [6, 6.07) is 6.08. The van der Waals surface area contributed by atoms with E-state index in [4.69, 9.17) is 4.74 Å². The van der Waals surface area contributed by atoms with E-state index in [2.05, 4.69) is 18.1 Å². The fourth-order valence-electron chi connectivity index (χ4n) is 2.07. The van der Waals surface area contributed by atoms with Gasteiger partial charge in [0.2, 0.25) is 0 Å². The van der Waals surface area contributed by atoms with Crippen molar-refractivity contribution in [3.05, 3.63) is 46.8 Å². The van der Waals surface area contributed by atoms with Crippen molar-refractivity contribution in [1.29, 1.82) is 0 Å². The van der Waals surface area contributed by atoms with Gasteiger partial charge in [-0.3, -0.25) is 9.48 Å². The highest BCUT2D eigenvalue weighted by atomic mass is 16.5. The third kappa shape index (κ3) is 2.67. The number of carbonyl (C=O) groups is 1. The van der Waals surface area contributed by atoms with Gasteiger partial charge in [-0.2, -0.15) is 5.10 Å². The molecule has 0 amide bonds. The molecule has 0 N–H and O–H groups in total. The number of benzene rings is 1. The average molecular weight is 258 g/mol. The molecule has 0 bridgehead atoms. The Morgan fingerprint density at radius 1 is 1.32 bits per heavy atom. The number of ether oxygens (including phenoxy) is 1. The molecule has 0 aliphatic rings. The first-order chi connectivity index (χ1) is 9.02. The van der Waals surface area contributed by atoms with Gasteiger partial charge < -0.3 is 4.74 Å². The second kappa shape index (κ2) is 5.26. The van der Waals surface area contributed by atoms with Crippen LogP contribution in [-0.2, 0) is 13.5 Å². The van der Waals surface area contributed by atoms with Crippen LogP contribution in [0.1, 0.15) is 27.2 Å². The highest BCUT2D eigenvalue weighted by molar-refractivity contribution is 5.98. The summed E-state index contributed by atoms with van der Waals surface area (Å²) >= 11 is 0. The lowest BCUT2D eigenvalue weighted by atomic mass is 10.0. The molecule has 4 nitrogen and oxygen atoms in total. The molecule has 1 aromatic carbocycles. The van der Waals surface area contributed by atoms with Crippen molar-refractivity contribution in [3.8, 4) is 5.75 Å². The van der Waals surface area contributed by atoms with E-state index in [1.165, 1.54) is 11.1 Å². The Morgan fingerprint density at radius 3 is 2.68 bits per heavy atom. The summed E-state index contributed by atoms with van der Waals surface area (Å²) in [6.07, 6.45) is 1.92. The zero-order chi connectivity index (χ0) is 14.0. The Labute approximate surface area is 113 Å². The highest BCUT2D eigenvalue weighted by Crippen LogP contribution is 2.19. The van der Waals surface area contributed by atoms with E-state index in [0.717, 1.165) is 5.56 Å². The molecule has 0 saturated heterocycles. The molecule has 0 unspecified atom stereocenters. The number of aryl methyl sites for hydroxylation is 3. The Kier molecular flexibility index (Phi) is 3.69. The van der Waals surface area contributed by atoms with Crippen LogP contribution in [0.4, 0.5) is 0 Å². The normalized spacial score (nSPS) is 10.5. The number of ketones is 1. The molecule has 0 saturated carbocycles. The summed E-state index contributed by atoms with van der Waals surface area (Å²) in [5, 5.41) is 4.05. The van der Waals surface area contributed by atoms with Crippen LogP contribution in [0.25, 0.3) is 0 Å². The number of nitrogens with zero attached hydrogens (tertiary/aromatic N) is 2. The van der Waals surface area contributed by atoms with Crippen molar-refractivity contribution < 1.29 is 9.53 Å². The first-order valence-corrected chi connectivity index (χ1v) is 6.18. The number of methoxy groups -OCH3 is 1. The average Bonchev–Trinajstić information content (AvgIpc) is 2.75. The molecule has 100 valence electrons. The molecule has 19 heavy (non-hydrogen) atoms. The van der Waals surface area contributed by atoms with Gasteiger partial charge in [-0.1, -0.05) is 18.2 Å². The minimum Gasteiger partial charge on any atom is -0.493 e. The van der Waals surface area contributed by atoms with Crippen LogP contribution in [0.2, 0.25) is 0 Å². The third-order valence-corrected chi connectivity index (χ3v) is 3.33. The Bertz CT molecular complexity index is 615. The zero-order valence-electron chi connectivity index (χ0n) is 11.7. The van der Waals surface area contributed by atoms with Gasteiger partial charge in [0.1, 0.15) is 5.69 Å². The molecule has 1 aromatic heterocycles. The molecule has 0 aliphatic heterocycles. The summed E-state index contributed by atoms with van der Waals surface area (Å²) in [5.41, 5.74) is 3.95. The van der Waals surface area contributed by atoms with E-state index in [1.54, 1.807) is 25.0 Å². The summed E-state index contributed by atoms with van der Waals surface area (Å²) in [7, 11) is 3.29. The van der Waals surface area contributed by atoms with Crippen molar-refractivity contribution in [2.24, 2.45) is 7.05 Å². The van der Waals surface area contributed by atoms with Gasteiger partial charge in [0.15, 0.2) is 11.5 Å². The SMILES string of the molecule is COc1cnn(C)c1C(=O)Cc1ccc(C)c(C)c1. The van der Waals surface area contributed by atoms with E-state index in [0.29, 0.717) is 17.9 Å². The molecule has 0 atom stereocenters. The second-order valence-corrected chi connectivity index (χ2v) is 4.70. The van der Waals surface area contributed by atoms with Gasteiger partial charge in [-0.15, -0.1) is 0 Å². The summed E-state index contributed by atoms with van der Waals surface area (Å²) in [5.74, 6) is 0.538. The Balaban J connectivity index is 2.25. The predicted molar refractivity (Wildman–Crippen MR) is 73.7 cm³/mol. The standard InChI is InChI=1S/C15H18N2O2/c1-10-5-6-12(7-11(10)2)8-13(18)15-14(19-4)9-16-17(15)3/h5-7,9H,8H2,1-4H3. The van der Waals surface area contributed by atoms with Crippen LogP contribution < -0.4 is 4.74 Å². The van der Waals surface area contributed by atoms with Crippen LogP contribution in [0, 0.1) is 13.8 Å². The molecule has 0 radical (unpaired) electrons. The van der Waals surface area contributed by atoms with Gasteiger partial charge in [-0.25, -0.2) is 0 Å². The maximum Gasteiger partial charge on any atom is 0.189 e. The third-order valence-electron chi connectivity index (χ3n) is 3.33. The number of aromatic nitrogens is 2. The number of hydrogen-bond donors (Lipinski definition) is 0. The summed E-state index contributed by atoms with van der Waals surface area (Å²) < 4.78 is 6.72. The number of hydrogen-bond acceptors (Lipinski definition) is 3. The molecular weight excluding hydrogens is 240 g/mol. The maximum absolute atomic E-state index is 12.3. The first kappa shape index (κ1) is 13.3. The Hall–Kier alpha value is -2.10. The number of Topliss-reactive ketones (excluding diaryl/α,β-unsaturated/α-hetero) is 1. The van der Waals surface area contributed by atoms with Gasteiger partial charge in [0, 0.05) is 13.5 Å². The molecule has 2 rings (SSSR count). The maximum atomic E-state index is 12.3. The summed E-state index contributed by atoms with van der Waals surface area (Å²) in [4.78, 5) is 12.3.